The largest absolute Gasteiger partial charge is 0.288 e. The van der Waals surface area contributed by atoms with Gasteiger partial charge in [0.2, 0.25) is 5.78 Å². The molecule has 2 aromatic heterocycles. The van der Waals surface area contributed by atoms with Crippen molar-refractivity contribution in [1.29, 1.82) is 0 Å². The van der Waals surface area contributed by atoms with Gasteiger partial charge in [-0.3, -0.25) is 4.79 Å². The Morgan fingerprint density at radius 3 is 2.64 bits per heavy atom. The van der Waals surface area contributed by atoms with Gasteiger partial charge in [-0.2, -0.15) is 11.3 Å². The van der Waals surface area contributed by atoms with Crippen LogP contribution in [0.5, 0.6) is 0 Å². The molecule has 0 fully saturated rings. The highest BCUT2D eigenvalue weighted by Crippen LogP contribution is 2.26. The Balaban J connectivity index is 2.38. The number of halogens is 1. The topological polar surface area (TPSA) is 17.1 Å². The van der Waals surface area contributed by atoms with E-state index in [0.29, 0.717) is 0 Å². The second-order valence-corrected chi connectivity index (χ2v) is 5.76. The van der Waals surface area contributed by atoms with Crippen molar-refractivity contribution in [3.05, 3.63) is 42.7 Å². The first-order valence-electron chi connectivity index (χ1n) is 4.01. The van der Waals surface area contributed by atoms with E-state index in [1.807, 2.05) is 29.8 Å². The quantitative estimate of drug-likeness (QED) is 0.760. The first-order chi connectivity index (χ1) is 6.68. The predicted octanol–water partition coefficient (Wildman–Crippen LogP) is 4.11. The minimum atomic E-state index is 0.108. The van der Waals surface area contributed by atoms with Crippen LogP contribution in [-0.2, 0) is 0 Å². The molecule has 0 aliphatic rings. The van der Waals surface area contributed by atoms with Crippen LogP contribution >= 0.6 is 38.6 Å². The molecule has 0 N–H and O–H groups in total. The van der Waals surface area contributed by atoms with Crippen LogP contribution in [0.25, 0.3) is 0 Å². The minimum Gasteiger partial charge on any atom is -0.288 e. The number of ketones is 1. The van der Waals surface area contributed by atoms with Gasteiger partial charge in [0.25, 0.3) is 0 Å². The van der Waals surface area contributed by atoms with Crippen molar-refractivity contribution >= 4 is 44.4 Å². The van der Waals surface area contributed by atoms with Gasteiger partial charge in [0, 0.05) is 25.7 Å². The summed E-state index contributed by atoms with van der Waals surface area (Å²) in [6.45, 7) is 2.00. The van der Waals surface area contributed by atoms with E-state index < -0.39 is 0 Å². The normalized spacial score (nSPS) is 10.4. The van der Waals surface area contributed by atoms with Gasteiger partial charge in [0.15, 0.2) is 0 Å². The summed E-state index contributed by atoms with van der Waals surface area (Å²) in [5, 5.41) is 3.80. The van der Waals surface area contributed by atoms with Crippen LogP contribution in [0.15, 0.2) is 27.4 Å². The number of thiophene rings is 2. The first-order valence-corrected chi connectivity index (χ1v) is 6.56. The first kappa shape index (κ1) is 10.1. The molecule has 0 saturated carbocycles. The van der Waals surface area contributed by atoms with Crippen LogP contribution in [0.2, 0.25) is 0 Å². The molecule has 2 heterocycles. The van der Waals surface area contributed by atoms with E-state index in [4.69, 9.17) is 0 Å². The van der Waals surface area contributed by atoms with Crippen molar-refractivity contribution in [2.75, 3.05) is 0 Å². The number of carbonyl (C=O) groups is 1. The lowest BCUT2D eigenvalue weighted by Crippen LogP contribution is -1.96. The molecule has 14 heavy (non-hydrogen) atoms. The van der Waals surface area contributed by atoms with Crippen LogP contribution in [-0.4, -0.2) is 5.78 Å². The molecule has 0 aromatic carbocycles. The Labute approximate surface area is 98.5 Å². The van der Waals surface area contributed by atoms with E-state index in [1.165, 1.54) is 27.6 Å². The second kappa shape index (κ2) is 3.96. The van der Waals surface area contributed by atoms with Gasteiger partial charge in [0.05, 0.1) is 4.88 Å². The lowest BCUT2D eigenvalue weighted by molar-refractivity contribution is 0.104. The van der Waals surface area contributed by atoms with Crippen molar-refractivity contribution in [3.8, 4) is 0 Å². The molecule has 0 amide bonds. The lowest BCUT2D eigenvalue weighted by Gasteiger charge is -1.94. The summed E-state index contributed by atoms with van der Waals surface area (Å²) in [6, 6.07) is 3.85. The summed E-state index contributed by atoms with van der Waals surface area (Å²) in [4.78, 5) is 13.9. The molecular weight excluding hydrogens is 280 g/mol. The third-order valence-corrected chi connectivity index (χ3v) is 4.53. The minimum absolute atomic E-state index is 0.108. The SMILES string of the molecule is Cc1ccc(C(=O)c2cscc2Br)s1. The molecule has 2 aromatic rings. The number of hydrogen-bond acceptors (Lipinski definition) is 3. The Kier molecular flexibility index (Phi) is 2.85. The molecule has 0 saturated heterocycles. The monoisotopic (exact) mass is 286 g/mol. The van der Waals surface area contributed by atoms with E-state index >= 15 is 0 Å². The predicted molar refractivity (Wildman–Crippen MR) is 64.5 cm³/mol. The van der Waals surface area contributed by atoms with Crippen LogP contribution in [0.3, 0.4) is 0 Å². The molecule has 0 bridgehead atoms. The van der Waals surface area contributed by atoms with E-state index in [1.54, 1.807) is 0 Å². The number of rotatable bonds is 2. The average Bonchev–Trinajstić information content (AvgIpc) is 2.73. The Morgan fingerprint density at radius 2 is 2.14 bits per heavy atom. The molecule has 0 spiro atoms. The number of carbonyl (C=O) groups excluding carboxylic acids is 1. The van der Waals surface area contributed by atoms with Gasteiger partial charge in [-0.15, -0.1) is 11.3 Å². The van der Waals surface area contributed by atoms with Crippen LogP contribution in [0.4, 0.5) is 0 Å². The summed E-state index contributed by atoms with van der Waals surface area (Å²) < 4.78 is 0.888. The third kappa shape index (κ3) is 1.82. The van der Waals surface area contributed by atoms with E-state index in [2.05, 4.69) is 15.9 Å². The molecular formula is C10H7BrOS2. The molecule has 1 nitrogen and oxygen atoms in total. The smallest absolute Gasteiger partial charge is 0.204 e. The zero-order valence-electron chi connectivity index (χ0n) is 7.41. The lowest BCUT2D eigenvalue weighted by atomic mass is 10.2. The maximum Gasteiger partial charge on any atom is 0.204 e. The highest BCUT2D eigenvalue weighted by Gasteiger charge is 2.14. The fourth-order valence-electron chi connectivity index (χ4n) is 1.13. The molecule has 0 unspecified atom stereocenters. The summed E-state index contributed by atoms with van der Waals surface area (Å²) in [5.41, 5.74) is 0.761. The maximum atomic E-state index is 11.9. The zero-order valence-corrected chi connectivity index (χ0v) is 10.6. The van der Waals surface area contributed by atoms with Crippen molar-refractivity contribution in [2.24, 2.45) is 0 Å². The van der Waals surface area contributed by atoms with Crippen molar-refractivity contribution in [2.45, 2.75) is 6.92 Å². The van der Waals surface area contributed by atoms with Crippen molar-refractivity contribution < 1.29 is 4.79 Å². The standard InChI is InChI=1S/C10H7BrOS2/c1-6-2-3-9(14-6)10(12)7-4-13-5-8(7)11/h2-5H,1H3. The van der Waals surface area contributed by atoms with E-state index in [9.17, 15) is 4.79 Å². The Hall–Kier alpha value is -0.450. The molecule has 0 aliphatic carbocycles. The van der Waals surface area contributed by atoms with Crippen molar-refractivity contribution in [1.82, 2.24) is 0 Å². The summed E-state index contributed by atoms with van der Waals surface area (Å²) in [7, 11) is 0. The molecule has 72 valence electrons. The van der Waals surface area contributed by atoms with Crippen LogP contribution in [0, 0.1) is 6.92 Å². The summed E-state index contributed by atoms with van der Waals surface area (Å²) in [6.07, 6.45) is 0. The third-order valence-electron chi connectivity index (χ3n) is 1.82. The zero-order chi connectivity index (χ0) is 10.1. The van der Waals surface area contributed by atoms with Crippen LogP contribution in [0.1, 0.15) is 20.1 Å². The van der Waals surface area contributed by atoms with Gasteiger partial charge in [-0.05, 0) is 35.0 Å². The Bertz CT molecular complexity index is 470. The van der Waals surface area contributed by atoms with Crippen LogP contribution < -0.4 is 0 Å². The highest BCUT2D eigenvalue weighted by atomic mass is 79.9. The molecule has 0 radical (unpaired) electrons. The number of hydrogen-bond donors (Lipinski definition) is 0. The molecule has 0 aliphatic heterocycles. The molecule has 0 atom stereocenters. The van der Waals surface area contributed by atoms with Gasteiger partial charge in [-0.1, -0.05) is 0 Å². The van der Waals surface area contributed by atoms with Gasteiger partial charge >= 0.3 is 0 Å². The molecule has 2 rings (SSSR count). The Morgan fingerprint density at radius 1 is 1.36 bits per heavy atom. The van der Waals surface area contributed by atoms with Gasteiger partial charge in [-0.25, -0.2) is 0 Å². The maximum absolute atomic E-state index is 11.9. The fourth-order valence-corrected chi connectivity index (χ4v) is 3.41. The molecule has 4 heteroatoms. The summed E-state index contributed by atoms with van der Waals surface area (Å²) >= 11 is 6.44. The second-order valence-electron chi connectivity index (χ2n) is 2.87. The van der Waals surface area contributed by atoms with Gasteiger partial charge in [0.1, 0.15) is 0 Å². The fraction of sp³-hybridized carbons (Fsp3) is 0.100. The van der Waals surface area contributed by atoms with Gasteiger partial charge < -0.3 is 0 Å². The highest BCUT2D eigenvalue weighted by molar-refractivity contribution is 9.10. The average molecular weight is 287 g/mol. The van der Waals surface area contributed by atoms with E-state index in [-0.39, 0.29) is 5.78 Å². The number of aryl methyl sites for hydroxylation is 1. The van der Waals surface area contributed by atoms with E-state index in [0.717, 1.165) is 14.9 Å². The summed E-state index contributed by atoms with van der Waals surface area (Å²) in [5.74, 6) is 0.108. The van der Waals surface area contributed by atoms with Crippen molar-refractivity contribution in [3.63, 3.8) is 0 Å².